The lowest BCUT2D eigenvalue weighted by molar-refractivity contribution is 0.215. The van der Waals surface area contributed by atoms with Gasteiger partial charge in [-0.3, -0.25) is 5.32 Å². The summed E-state index contributed by atoms with van der Waals surface area (Å²) in [6, 6.07) is 16.1. The average molecular weight is 346 g/mol. The summed E-state index contributed by atoms with van der Waals surface area (Å²) >= 11 is 0. The molecule has 0 spiro atoms. The van der Waals surface area contributed by atoms with Gasteiger partial charge in [-0.2, -0.15) is 0 Å². The first-order chi connectivity index (χ1) is 11.5. The van der Waals surface area contributed by atoms with Crippen molar-refractivity contribution in [1.82, 2.24) is 0 Å². The van der Waals surface area contributed by atoms with E-state index in [0.29, 0.717) is 24.5 Å². The quantitative estimate of drug-likeness (QED) is 0.924. The van der Waals surface area contributed by atoms with E-state index in [-0.39, 0.29) is 11.5 Å². The van der Waals surface area contributed by atoms with E-state index in [0.717, 1.165) is 5.69 Å². The van der Waals surface area contributed by atoms with Crippen molar-refractivity contribution in [3.05, 3.63) is 54.6 Å². The molecule has 3 rings (SSSR count). The molecule has 0 aromatic heterocycles. The number of nitrogens with zero attached hydrogens (tertiary/aromatic N) is 1. The molecule has 0 saturated carbocycles. The SMILES string of the molecule is O=C(Nc1cccc(N2CCS(=O)(=O)CC2)c1)Oc1ccccc1. The van der Waals surface area contributed by atoms with Crippen molar-refractivity contribution in [2.24, 2.45) is 0 Å². The number of anilines is 2. The summed E-state index contributed by atoms with van der Waals surface area (Å²) in [7, 11) is -2.92. The zero-order valence-electron chi connectivity index (χ0n) is 13.0. The maximum Gasteiger partial charge on any atom is 0.417 e. The molecular formula is C17H18N2O4S. The van der Waals surface area contributed by atoms with E-state index in [9.17, 15) is 13.2 Å². The molecule has 7 heteroatoms. The Morgan fingerprint density at radius 2 is 1.71 bits per heavy atom. The molecule has 1 fully saturated rings. The maximum absolute atomic E-state index is 11.9. The van der Waals surface area contributed by atoms with Crippen molar-refractivity contribution in [2.45, 2.75) is 0 Å². The Bertz CT molecular complexity index is 807. The van der Waals surface area contributed by atoms with Gasteiger partial charge in [0, 0.05) is 24.5 Å². The van der Waals surface area contributed by atoms with Crippen LogP contribution in [0.3, 0.4) is 0 Å². The number of carbonyl (C=O) groups excluding carboxylic acids is 1. The Balaban J connectivity index is 1.64. The topological polar surface area (TPSA) is 75.7 Å². The maximum atomic E-state index is 11.9. The Morgan fingerprint density at radius 3 is 2.42 bits per heavy atom. The van der Waals surface area contributed by atoms with Gasteiger partial charge in [-0.1, -0.05) is 24.3 Å². The first-order valence-electron chi connectivity index (χ1n) is 7.61. The second-order valence-electron chi connectivity index (χ2n) is 5.52. The molecule has 1 N–H and O–H groups in total. The average Bonchev–Trinajstić information content (AvgIpc) is 2.56. The Labute approximate surface area is 141 Å². The van der Waals surface area contributed by atoms with Gasteiger partial charge < -0.3 is 9.64 Å². The monoisotopic (exact) mass is 346 g/mol. The molecule has 0 bridgehead atoms. The third-order valence-electron chi connectivity index (χ3n) is 3.76. The molecular weight excluding hydrogens is 328 g/mol. The minimum absolute atomic E-state index is 0.153. The summed E-state index contributed by atoms with van der Waals surface area (Å²) in [4.78, 5) is 13.9. The van der Waals surface area contributed by atoms with Gasteiger partial charge >= 0.3 is 6.09 Å². The van der Waals surface area contributed by atoms with Crippen molar-refractivity contribution in [1.29, 1.82) is 0 Å². The summed E-state index contributed by atoms with van der Waals surface area (Å²) < 4.78 is 28.2. The normalized spacial score (nSPS) is 16.4. The fourth-order valence-corrected chi connectivity index (χ4v) is 3.69. The van der Waals surface area contributed by atoms with Crippen LogP contribution in [-0.4, -0.2) is 39.1 Å². The molecule has 6 nitrogen and oxygen atoms in total. The van der Waals surface area contributed by atoms with Crippen LogP contribution in [0, 0.1) is 0 Å². The molecule has 0 unspecified atom stereocenters. The highest BCUT2D eigenvalue weighted by Crippen LogP contribution is 2.22. The number of amides is 1. The van der Waals surface area contributed by atoms with E-state index < -0.39 is 15.9 Å². The van der Waals surface area contributed by atoms with E-state index in [2.05, 4.69) is 5.32 Å². The molecule has 2 aromatic carbocycles. The summed E-state index contributed by atoms with van der Waals surface area (Å²) in [5.74, 6) is 0.772. The summed E-state index contributed by atoms with van der Waals surface area (Å²) in [5, 5.41) is 2.68. The predicted octanol–water partition coefficient (Wildman–Crippen LogP) is 2.53. The first kappa shape index (κ1) is 16.3. The van der Waals surface area contributed by atoms with Crippen LogP contribution >= 0.6 is 0 Å². The summed E-state index contributed by atoms with van der Waals surface area (Å²) in [6.07, 6.45) is -0.570. The molecule has 1 amide bonds. The number of sulfone groups is 1. The predicted molar refractivity (Wildman–Crippen MR) is 93.4 cm³/mol. The third kappa shape index (κ3) is 4.26. The fraction of sp³-hybridized carbons (Fsp3) is 0.235. The highest BCUT2D eigenvalue weighted by Gasteiger charge is 2.21. The zero-order valence-corrected chi connectivity index (χ0v) is 13.8. The second kappa shape index (κ2) is 6.92. The number of hydrogen-bond donors (Lipinski definition) is 1. The minimum Gasteiger partial charge on any atom is -0.410 e. The Kier molecular flexibility index (Phi) is 4.71. The van der Waals surface area contributed by atoms with Gasteiger partial charge in [0.15, 0.2) is 9.84 Å². The van der Waals surface area contributed by atoms with E-state index in [1.54, 1.807) is 30.3 Å². The third-order valence-corrected chi connectivity index (χ3v) is 5.37. The van der Waals surface area contributed by atoms with Gasteiger partial charge in [0.1, 0.15) is 5.75 Å². The molecule has 0 atom stereocenters. The van der Waals surface area contributed by atoms with Gasteiger partial charge in [-0.05, 0) is 30.3 Å². The van der Waals surface area contributed by atoms with Crippen molar-refractivity contribution >= 4 is 27.3 Å². The number of hydrogen-bond acceptors (Lipinski definition) is 5. The van der Waals surface area contributed by atoms with Crippen molar-refractivity contribution in [3.63, 3.8) is 0 Å². The molecule has 24 heavy (non-hydrogen) atoms. The highest BCUT2D eigenvalue weighted by molar-refractivity contribution is 7.91. The van der Waals surface area contributed by atoms with Crippen LogP contribution in [0.4, 0.5) is 16.2 Å². The lowest BCUT2D eigenvalue weighted by atomic mass is 10.2. The van der Waals surface area contributed by atoms with Crippen molar-refractivity contribution < 1.29 is 17.9 Å². The van der Waals surface area contributed by atoms with E-state index >= 15 is 0 Å². The van der Waals surface area contributed by atoms with Crippen LogP contribution in [0.1, 0.15) is 0 Å². The van der Waals surface area contributed by atoms with Crippen molar-refractivity contribution in [2.75, 3.05) is 34.8 Å². The lowest BCUT2D eigenvalue weighted by Gasteiger charge is -2.29. The zero-order chi connectivity index (χ0) is 17.0. The fourth-order valence-electron chi connectivity index (χ4n) is 2.49. The number of carbonyl (C=O) groups is 1. The van der Waals surface area contributed by atoms with Gasteiger partial charge in [-0.25, -0.2) is 13.2 Å². The van der Waals surface area contributed by atoms with Gasteiger partial charge in [-0.15, -0.1) is 0 Å². The second-order valence-corrected chi connectivity index (χ2v) is 7.82. The number of para-hydroxylation sites is 1. The van der Waals surface area contributed by atoms with E-state index in [1.165, 1.54) is 0 Å². The van der Waals surface area contributed by atoms with E-state index in [4.69, 9.17) is 4.74 Å². The lowest BCUT2D eigenvalue weighted by Crippen LogP contribution is -2.40. The van der Waals surface area contributed by atoms with Crippen LogP contribution in [0.25, 0.3) is 0 Å². The summed E-state index contributed by atoms with van der Waals surface area (Å²) in [5.41, 5.74) is 1.48. The first-order valence-corrected chi connectivity index (χ1v) is 9.43. The van der Waals surface area contributed by atoms with E-state index in [1.807, 2.05) is 29.2 Å². The molecule has 0 radical (unpaired) electrons. The van der Waals surface area contributed by atoms with Crippen molar-refractivity contribution in [3.8, 4) is 5.75 Å². The Hall–Kier alpha value is -2.54. The molecule has 1 aliphatic rings. The number of rotatable bonds is 3. The Morgan fingerprint density at radius 1 is 1.00 bits per heavy atom. The molecule has 2 aromatic rings. The van der Waals surface area contributed by atoms with Crippen LogP contribution in [0.2, 0.25) is 0 Å². The smallest absolute Gasteiger partial charge is 0.410 e. The standard InChI is InChI=1S/C17H18N2O4S/c20-17(23-16-7-2-1-3-8-16)18-14-5-4-6-15(13-14)19-9-11-24(21,22)12-10-19/h1-8,13H,9-12H2,(H,18,20). The van der Waals surface area contributed by atoms with Gasteiger partial charge in [0.2, 0.25) is 0 Å². The van der Waals surface area contributed by atoms with Gasteiger partial charge in [0.05, 0.1) is 11.5 Å². The number of nitrogens with one attached hydrogen (secondary N) is 1. The molecule has 0 aliphatic carbocycles. The number of benzene rings is 2. The molecule has 1 aliphatic heterocycles. The largest absolute Gasteiger partial charge is 0.417 e. The van der Waals surface area contributed by atoms with Crippen LogP contribution < -0.4 is 15.0 Å². The van der Waals surface area contributed by atoms with Gasteiger partial charge in [0.25, 0.3) is 0 Å². The van der Waals surface area contributed by atoms with Crippen LogP contribution in [-0.2, 0) is 9.84 Å². The number of ether oxygens (including phenoxy) is 1. The van der Waals surface area contributed by atoms with Crippen LogP contribution in [0.5, 0.6) is 5.75 Å². The minimum atomic E-state index is -2.92. The van der Waals surface area contributed by atoms with Crippen LogP contribution in [0.15, 0.2) is 54.6 Å². The highest BCUT2D eigenvalue weighted by atomic mass is 32.2. The summed E-state index contributed by atoms with van der Waals surface area (Å²) in [6.45, 7) is 0.917. The molecule has 1 heterocycles. The molecule has 126 valence electrons. The molecule has 1 saturated heterocycles.